The van der Waals surface area contributed by atoms with Crippen molar-refractivity contribution in [2.24, 2.45) is 0 Å². The van der Waals surface area contributed by atoms with Crippen LogP contribution in [0.4, 0.5) is 0 Å². The van der Waals surface area contributed by atoms with Crippen LogP contribution in [0.15, 0.2) is 42.6 Å². The number of ether oxygens (including phenoxy) is 3. The van der Waals surface area contributed by atoms with Crippen LogP contribution in [0.5, 0.6) is 17.2 Å². The third kappa shape index (κ3) is 4.13. The van der Waals surface area contributed by atoms with Gasteiger partial charge in [0.25, 0.3) is 0 Å². The number of pyridine rings is 1. The zero-order chi connectivity index (χ0) is 14.2. The summed E-state index contributed by atoms with van der Waals surface area (Å²) in [6.07, 6.45) is 1.58. The lowest BCUT2D eigenvalue weighted by Gasteiger charge is -2.08. The zero-order valence-corrected chi connectivity index (χ0v) is 11.3. The number of aliphatic hydroxyl groups is 1. The van der Waals surface area contributed by atoms with E-state index in [1.807, 2.05) is 24.3 Å². The second-order valence-electron chi connectivity index (χ2n) is 4.02. The molecule has 1 aromatic carbocycles. The van der Waals surface area contributed by atoms with E-state index in [4.69, 9.17) is 19.3 Å². The lowest BCUT2D eigenvalue weighted by Crippen LogP contribution is -2.09. The number of methoxy groups -OCH3 is 1. The minimum atomic E-state index is -0.0686. The molecule has 0 bridgehead atoms. The van der Waals surface area contributed by atoms with Gasteiger partial charge in [0, 0.05) is 0 Å². The molecule has 0 atom stereocenters. The maximum absolute atomic E-state index is 8.87. The normalized spacial score (nSPS) is 10.1. The van der Waals surface area contributed by atoms with Crippen LogP contribution in [-0.2, 0) is 6.61 Å². The van der Waals surface area contributed by atoms with Crippen LogP contribution >= 0.6 is 0 Å². The molecule has 2 rings (SSSR count). The van der Waals surface area contributed by atoms with E-state index >= 15 is 0 Å². The molecule has 1 aromatic heterocycles. The Labute approximate surface area is 117 Å². The van der Waals surface area contributed by atoms with Crippen molar-refractivity contribution in [1.82, 2.24) is 4.98 Å². The molecule has 0 amide bonds. The Morgan fingerprint density at radius 2 is 1.50 bits per heavy atom. The molecule has 0 aliphatic rings. The van der Waals surface area contributed by atoms with Gasteiger partial charge in [-0.2, -0.15) is 0 Å². The highest BCUT2D eigenvalue weighted by atomic mass is 16.5. The van der Waals surface area contributed by atoms with E-state index in [0.717, 1.165) is 11.5 Å². The standard InChI is InChI=1S/C15H17NO4/c1-18-13-4-6-14(7-5-13)19-8-9-20-15-3-2-12(11-17)16-10-15/h2-7,10,17H,8-9,11H2,1H3. The summed E-state index contributed by atoms with van der Waals surface area (Å²) < 4.78 is 16.1. The molecule has 0 saturated heterocycles. The van der Waals surface area contributed by atoms with Crippen molar-refractivity contribution in [2.45, 2.75) is 6.61 Å². The summed E-state index contributed by atoms with van der Waals surface area (Å²) in [7, 11) is 1.62. The van der Waals surface area contributed by atoms with Gasteiger partial charge in [0.05, 0.1) is 25.6 Å². The summed E-state index contributed by atoms with van der Waals surface area (Å²) in [5.41, 5.74) is 0.617. The van der Waals surface area contributed by atoms with Crippen LogP contribution in [0, 0.1) is 0 Å². The quantitative estimate of drug-likeness (QED) is 0.783. The number of rotatable bonds is 7. The second kappa shape index (κ2) is 7.35. The zero-order valence-electron chi connectivity index (χ0n) is 11.3. The van der Waals surface area contributed by atoms with E-state index in [-0.39, 0.29) is 6.61 Å². The second-order valence-corrected chi connectivity index (χ2v) is 4.02. The summed E-state index contributed by atoms with van der Waals surface area (Å²) >= 11 is 0. The Hall–Kier alpha value is -2.27. The number of hydrogen-bond donors (Lipinski definition) is 1. The maximum Gasteiger partial charge on any atom is 0.137 e. The minimum Gasteiger partial charge on any atom is -0.497 e. The van der Waals surface area contributed by atoms with Crippen molar-refractivity contribution >= 4 is 0 Å². The first-order valence-electron chi connectivity index (χ1n) is 6.27. The van der Waals surface area contributed by atoms with E-state index < -0.39 is 0 Å². The Bertz CT molecular complexity index is 461. The van der Waals surface area contributed by atoms with E-state index in [9.17, 15) is 0 Å². The van der Waals surface area contributed by atoms with Crippen LogP contribution in [0.1, 0.15) is 5.69 Å². The highest BCUT2D eigenvalue weighted by Crippen LogP contribution is 2.17. The van der Waals surface area contributed by atoms with Gasteiger partial charge in [0.1, 0.15) is 30.5 Å². The smallest absolute Gasteiger partial charge is 0.137 e. The molecule has 0 saturated carbocycles. The Balaban J connectivity index is 1.72. The van der Waals surface area contributed by atoms with Crippen molar-refractivity contribution in [3.05, 3.63) is 48.3 Å². The summed E-state index contributed by atoms with van der Waals surface area (Å²) in [6, 6.07) is 10.9. The molecule has 20 heavy (non-hydrogen) atoms. The number of aromatic nitrogens is 1. The summed E-state index contributed by atoms with van der Waals surface area (Å²) in [5.74, 6) is 2.22. The third-order valence-corrected chi connectivity index (χ3v) is 2.64. The molecule has 0 unspecified atom stereocenters. The van der Waals surface area contributed by atoms with Crippen molar-refractivity contribution in [1.29, 1.82) is 0 Å². The molecule has 0 spiro atoms. The lowest BCUT2D eigenvalue weighted by molar-refractivity contribution is 0.216. The van der Waals surface area contributed by atoms with Gasteiger partial charge in [-0.05, 0) is 36.4 Å². The van der Waals surface area contributed by atoms with Crippen LogP contribution in [0.25, 0.3) is 0 Å². The highest BCUT2D eigenvalue weighted by Gasteiger charge is 1.98. The first kappa shape index (κ1) is 14.1. The van der Waals surface area contributed by atoms with Gasteiger partial charge >= 0.3 is 0 Å². The number of nitrogens with zero attached hydrogens (tertiary/aromatic N) is 1. The highest BCUT2D eigenvalue weighted by molar-refractivity contribution is 5.31. The summed E-state index contributed by atoms with van der Waals surface area (Å²) in [4.78, 5) is 4.02. The van der Waals surface area contributed by atoms with Crippen LogP contribution < -0.4 is 14.2 Å². The largest absolute Gasteiger partial charge is 0.497 e. The fraction of sp³-hybridized carbons (Fsp3) is 0.267. The third-order valence-electron chi connectivity index (χ3n) is 2.64. The molecule has 5 heteroatoms. The molecular weight excluding hydrogens is 258 g/mol. The average molecular weight is 275 g/mol. The van der Waals surface area contributed by atoms with Gasteiger partial charge in [-0.15, -0.1) is 0 Å². The molecule has 0 radical (unpaired) electrons. The Morgan fingerprint density at radius 3 is 2.05 bits per heavy atom. The Kier molecular flexibility index (Phi) is 5.20. The average Bonchev–Trinajstić information content (AvgIpc) is 2.53. The van der Waals surface area contributed by atoms with E-state index in [1.165, 1.54) is 0 Å². The molecular formula is C15H17NO4. The number of benzene rings is 1. The maximum atomic E-state index is 8.87. The summed E-state index contributed by atoms with van der Waals surface area (Å²) in [5, 5.41) is 8.87. The van der Waals surface area contributed by atoms with Gasteiger partial charge in [-0.3, -0.25) is 4.98 Å². The van der Waals surface area contributed by atoms with Crippen molar-refractivity contribution in [2.75, 3.05) is 20.3 Å². The number of hydrogen-bond acceptors (Lipinski definition) is 5. The van der Waals surface area contributed by atoms with Gasteiger partial charge in [0.15, 0.2) is 0 Å². The first-order chi connectivity index (χ1) is 9.81. The fourth-order valence-electron chi connectivity index (χ4n) is 1.58. The van der Waals surface area contributed by atoms with Crippen LogP contribution in [-0.4, -0.2) is 30.4 Å². The molecule has 1 N–H and O–H groups in total. The van der Waals surface area contributed by atoms with Crippen LogP contribution in [0.3, 0.4) is 0 Å². The van der Waals surface area contributed by atoms with Gasteiger partial charge in [-0.25, -0.2) is 0 Å². The van der Waals surface area contributed by atoms with E-state index in [1.54, 1.807) is 25.4 Å². The van der Waals surface area contributed by atoms with Gasteiger partial charge < -0.3 is 19.3 Å². The lowest BCUT2D eigenvalue weighted by atomic mass is 10.3. The van der Waals surface area contributed by atoms with Crippen molar-refractivity contribution < 1.29 is 19.3 Å². The predicted octanol–water partition coefficient (Wildman–Crippen LogP) is 2.04. The van der Waals surface area contributed by atoms with Crippen molar-refractivity contribution in [3.63, 3.8) is 0 Å². The first-order valence-corrected chi connectivity index (χ1v) is 6.27. The minimum absolute atomic E-state index is 0.0686. The summed E-state index contributed by atoms with van der Waals surface area (Å²) in [6.45, 7) is 0.793. The van der Waals surface area contributed by atoms with Gasteiger partial charge in [0.2, 0.25) is 0 Å². The molecule has 0 aliphatic heterocycles. The predicted molar refractivity (Wildman–Crippen MR) is 74.1 cm³/mol. The number of aliphatic hydroxyl groups excluding tert-OH is 1. The van der Waals surface area contributed by atoms with E-state index in [0.29, 0.717) is 24.7 Å². The monoisotopic (exact) mass is 275 g/mol. The molecule has 0 aliphatic carbocycles. The molecule has 0 fully saturated rings. The van der Waals surface area contributed by atoms with E-state index in [2.05, 4.69) is 4.98 Å². The Morgan fingerprint density at radius 1 is 0.900 bits per heavy atom. The van der Waals surface area contributed by atoms with Gasteiger partial charge in [-0.1, -0.05) is 0 Å². The molecule has 2 aromatic rings. The fourth-order valence-corrected chi connectivity index (χ4v) is 1.58. The molecule has 1 heterocycles. The SMILES string of the molecule is COc1ccc(OCCOc2ccc(CO)nc2)cc1. The topological polar surface area (TPSA) is 60.8 Å². The van der Waals surface area contributed by atoms with Crippen LogP contribution in [0.2, 0.25) is 0 Å². The molecule has 106 valence electrons. The molecule has 5 nitrogen and oxygen atoms in total. The van der Waals surface area contributed by atoms with Crippen molar-refractivity contribution in [3.8, 4) is 17.2 Å².